The van der Waals surface area contributed by atoms with Crippen molar-refractivity contribution in [3.8, 4) is 0 Å². The molecule has 4 fully saturated rings. The van der Waals surface area contributed by atoms with Crippen LogP contribution in [0.15, 0.2) is 22.2 Å². The van der Waals surface area contributed by atoms with Crippen molar-refractivity contribution in [2.45, 2.75) is 38.1 Å². The van der Waals surface area contributed by atoms with Crippen LogP contribution in [-0.4, -0.2) is 19.5 Å². The molecule has 2 N–H and O–H groups in total. The summed E-state index contributed by atoms with van der Waals surface area (Å²) < 4.78 is 1.48. The molecule has 2 aromatic heterocycles. The molecule has 6 heteroatoms. The molecule has 0 aromatic carbocycles. The number of nitrogens with one attached hydrogen (secondary N) is 2. The van der Waals surface area contributed by atoms with E-state index < -0.39 is 5.69 Å². The first kappa shape index (κ1) is 13.3. The summed E-state index contributed by atoms with van der Waals surface area (Å²) in [6, 6.07) is 0. The first-order valence-electron chi connectivity index (χ1n) is 8.49. The maximum absolute atomic E-state index is 12.1. The number of rotatable bonds is 3. The molecule has 0 radical (unpaired) electrons. The van der Waals surface area contributed by atoms with E-state index in [-0.39, 0.29) is 5.56 Å². The summed E-state index contributed by atoms with van der Waals surface area (Å²) in [4.78, 5) is 34.5. The molecule has 0 spiro atoms. The van der Waals surface area contributed by atoms with Gasteiger partial charge in [0, 0.05) is 12.5 Å². The lowest BCUT2D eigenvalue weighted by Crippen LogP contribution is -2.30. The fraction of sp³-hybridized carbons (Fsp3) is 0.588. The van der Waals surface area contributed by atoms with Gasteiger partial charge in [0.25, 0.3) is 5.56 Å². The van der Waals surface area contributed by atoms with Gasteiger partial charge in [0.2, 0.25) is 0 Å². The normalized spacial score (nSPS) is 34.5. The molecule has 2 heterocycles. The van der Waals surface area contributed by atoms with Crippen molar-refractivity contribution in [3.05, 3.63) is 39.3 Å². The van der Waals surface area contributed by atoms with E-state index in [1.165, 1.54) is 30.3 Å². The minimum Gasteiger partial charge on any atom is -0.336 e. The van der Waals surface area contributed by atoms with Crippen LogP contribution in [-0.2, 0) is 6.54 Å². The molecule has 4 aliphatic carbocycles. The minimum atomic E-state index is -0.422. The molecule has 6 rings (SSSR count). The van der Waals surface area contributed by atoms with Gasteiger partial charge in [0.05, 0.1) is 0 Å². The molecular formula is C17H20N4O2. The number of aromatic nitrogens is 4. The Kier molecular flexibility index (Phi) is 2.59. The van der Waals surface area contributed by atoms with Gasteiger partial charge < -0.3 is 4.98 Å². The average Bonchev–Trinajstić information content (AvgIpc) is 3.13. The number of H-pyrrole nitrogens is 2. The fourth-order valence-electron chi connectivity index (χ4n) is 5.68. The zero-order valence-electron chi connectivity index (χ0n) is 12.9. The lowest BCUT2D eigenvalue weighted by molar-refractivity contribution is 0.244. The highest BCUT2D eigenvalue weighted by atomic mass is 16.2. The second kappa shape index (κ2) is 4.46. The maximum Gasteiger partial charge on any atom is 0.330 e. The molecule has 2 aromatic rings. The van der Waals surface area contributed by atoms with Crippen LogP contribution in [0.5, 0.6) is 0 Å². The molecule has 23 heavy (non-hydrogen) atoms. The number of hydrogen-bond acceptors (Lipinski definition) is 3. The molecule has 5 unspecified atom stereocenters. The molecule has 0 amide bonds. The van der Waals surface area contributed by atoms with Crippen LogP contribution in [0.4, 0.5) is 0 Å². The zero-order valence-corrected chi connectivity index (χ0v) is 12.9. The number of hydrogen-bond donors (Lipinski definition) is 2. The standard InChI is InChI=1S/C17H20N4O2/c1-2-3-21-15-13(16(22)20-17(21)23)18-14(19-15)12-10-5-8-4-9(7-10)11(12)6-8/h2,8-12H,1,3-7H2,(H,18,19)(H,20,22,23). The molecule has 120 valence electrons. The largest absolute Gasteiger partial charge is 0.336 e. The highest BCUT2D eigenvalue weighted by Crippen LogP contribution is 2.63. The molecule has 5 atom stereocenters. The van der Waals surface area contributed by atoms with Gasteiger partial charge in [-0.1, -0.05) is 6.08 Å². The summed E-state index contributed by atoms with van der Waals surface area (Å²) in [7, 11) is 0. The summed E-state index contributed by atoms with van der Waals surface area (Å²) in [5.41, 5.74) is 0.0792. The van der Waals surface area contributed by atoms with Crippen LogP contribution >= 0.6 is 0 Å². The van der Waals surface area contributed by atoms with Crippen LogP contribution in [0.25, 0.3) is 11.2 Å². The maximum atomic E-state index is 12.1. The van der Waals surface area contributed by atoms with Crippen molar-refractivity contribution in [3.63, 3.8) is 0 Å². The van der Waals surface area contributed by atoms with Crippen molar-refractivity contribution >= 4 is 11.2 Å². The van der Waals surface area contributed by atoms with E-state index in [1.807, 2.05) is 0 Å². The first-order chi connectivity index (χ1) is 11.2. The summed E-state index contributed by atoms with van der Waals surface area (Å²) in [5.74, 6) is 4.48. The van der Waals surface area contributed by atoms with Gasteiger partial charge in [0.1, 0.15) is 11.3 Å². The predicted octanol–water partition coefficient (Wildman–Crippen LogP) is 1.75. The van der Waals surface area contributed by atoms with Crippen molar-refractivity contribution in [2.24, 2.45) is 23.7 Å². The lowest BCUT2D eigenvalue weighted by atomic mass is 9.75. The Morgan fingerprint density at radius 2 is 2.00 bits per heavy atom. The van der Waals surface area contributed by atoms with E-state index in [9.17, 15) is 9.59 Å². The lowest BCUT2D eigenvalue weighted by Gasteiger charge is -2.30. The number of allylic oxidation sites excluding steroid dienone is 1. The van der Waals surface area contributed by atoms with Crippen LogP contribution in [0.2, 0.25) is 0 Å². The van der Waals surface area contributed by atoms with Gasteiger partial charge in [-0.25, -0.2) is 9.78 Å². The Balaban J connectivity index is 1.68. The summed E-state index contributed by atoms with van der Waals surface area (Å²) in [6.07, 6.45) is 6.92. The highest BCUT2D eigenvalue weighted by molar-refractivity contribution is 5.70. The zero-order chi connectivity index (χ0) is 15.7. The molecule has 4 bridgehead atoms. The monoisotopic (exact) mass is 312 g/mol. The second-order valence-electron chi connectivity index (χ2n) is 7.50. The van der Waals surface area contributed by atoms with Gasteiger partial charge in [-0.3, -0.25) is 14.3 Å². The number of imidazole rings is 1. The third-order valence-electron chi connectivity index (χ3n) is 6.34. The summed E-state index contributed by atoms with van der Waals surface area (Å²) in [6.45, 7) is 4.03. The SMILES string of the molecule is C=CCn1c(=O)[nH]c(=O)c2[nH]c(C3C4CC5CC(C4)C3C5)nc21. The Labute approximate surface area is 132 Å². The van der Waals surface area contributed by atoms with Gasteiger partial charge in [-0.15, -0.1) is 6.58 Å². The second-order valence-corrected chi connectivity index (χ2v) is 7.50. The highest BCUT2D eigenvalue weighted by Gasteiger charge is 2.55. The number of nitrogens with zero attached hydrogens (tertiary/aromatic N) is 2. The molecule has 4 saturated carbocycles. The third-order valence-corrected chi connectivity index (χ3v) is 6.34. The van der Waals surface area contributed by atoms with E-state index >= 15 is 0 Å². The Morgan fingerprint density at radius 3 is 2.78 bits per heavy atom. The van der Waals surface area contributed by atoms with Gasteiger partial charge in [-0.2, -0.15) is 0 Å². The van der Waals surface area contributed by atoms with Crippen molar-refractivity contribution in [2.75, 3.05) is 0 Å². The van der Waals surface area contributed by atoms with Gasteiger partial charge >= 0.3 is 5.69 Å². The van der Waals surface area contributed by atoms with Crippen LogP contribution in [0.1, 0.15) is 37.4 Å². The van der Waals surface area contributed by atoms with Crippen LogP contribution < -0.4 is 11.2 Å². The smallest absolute Gasteiger partial charge is 0.330 e. The third kappa shape index (κ3) is 1.72. The van der Waals surface area contributed by atoms with E-state index in [0.717, 1.165) is 17.7 Å². The van der Waals surface area contributed by atoms with E-state index in [4.69, 9.17) is 4.98 Å². The van der Waals surface area contributed by atoms with Gasteiger partial charge in [0.15, 0.2) is 5.65 Å². The minimum absolute atomic E-state index is 0.346. The molecule has 4 aliphatic rings. The summed E-state index contributed by atoms with van der Waals surface area (Å²) >= 11 is 0. The molecule has 0 saturated heterocycles. The van der Waals surface area contributed by atoms with E-state index in [0.29, 0.717) is 35.5 Å². The molecular weight excluding hydrogens is 292 g/mol. The van der Waals surface area contributed by atoms with Crippen molar-refractivity contribution < 1.29 is 0 Å². The Bertz CT molecular complexity index is 917. The topological polar surface area (TPSA) is 83.5 Å². The summed E-state index contributed by atoms with van der Waals surface area (Å²) in [5, 5.41) is 0. The van der Waals surface area contributed by atoms with E-state index in [1.54, 1.807) is 6.08 Å². The Hall–Kier alpha value is -2.11. The van der Waals surface area contributed by atoms with Crippen molar-refractivity contribution in [1.82, 2.24) is 19.5 Å². The van der Waals surface area contributed by atoms with Crippen LogP contribution in [0, 0.1) is 23.7 Å². The number of fused-ring (bicyclic) bond motifs is 1. The number of aromatic amines is 2. The predicted molar refractivity (Wildman–Crippen MR) is 86.3 cm³/mol. The van der Waals surface area contributed by atoms with Crippen LogP contribution in [0.3, 0.4) is 0 Å². The van der Waals surface area contributed by atoms with E-state index in [2.05, 4.69) is 16.5 Å². The molecule has 0 aliphatic heterocycles. The van der Waals surface area contributed by atoms with Gasteiger partial charge in [-0.05, 0) is 49.4 Å². The average molecular weight is 312 g/mol. The first-order valence-corrected chi connectivity index (χ1v) is 8.49. The molecule has 6 nitrogen and oxygen atoms in total. The fourth-order valence-corrected chi connectivity index (χ4v) is 5.68. The quantitative estimate of drug-likeness (QED) is 0.847. The van der Waals surface area contributed by atoms with Crippen molar-refractivity contribution in [1.29, 1.82) is 0 Å². The Morgan fingerprint density at radius 1 is 1.17 bits per heavy atom.